The van der Waals surface area contributed by atoms with Crippen molar-refractivity contribution in [1.82, 2.24) is 9.97 Å². The summed E-state index contributed by atoms with van der Waals surface area (Å²) in [5.41, 5.74) is 5.73. The van der Waals surface area contributed by atoms with E-state index in [9.17, 15) is 4.79 Å². The van der Waals surface area contributed by atoms with Crippen LogP contribution in [0.3, 0.4) is 0 Å². The summed E-state index contributed by atoms with van der Waals surface area (Å²) in [6.07, 6.45) is 2.43. The molecule has 5 heteroatoms. The minimum Gasteiger partial charge on any atom is -0.326 e. The van der Waals surface area contributed by atoms with Crippen molar-refractivity contribution in [3.8, 4) is 0 Å². The van der Waals surface area contributed by atoms with Crippen LogP contribution < -0.4 is 10.2 Å². The van der Waals surface area contributed by atoms with Crippen LogP contribution in [0.2, 0.25) is 0 Å². The Kier molecular flexibility index (Phi) is 4.13. The van der Waals surface area contributed by atoms with Gasteiger partial charge in [-0.15, -0.1) is 0 Å². The van der Waals surface area contributed by atoms with E-state index in [-0.39, 0.29) is 5.91 Å². The van der Waals surface area contributed by atoms with Gasteiger partial charge in [-0.1, -0.05) is 30.3 Å². The molecule has 0 saturated carbocycles. The number of aryl methyl sites for hydroxylation is 2. The lowest BCUT2D eigenvalue weighted by atomic mass is 10.1. The van der Waals surface area contributed by atoms with Crippen molar-refractivity contribution in [3.63, 3.8) is 0 Å². The molecule has 130 valence electrons. The fourth-order valence-corrected chi connectivity index (χ4v) is 3.25. The van der Waals surface area contributed by atoms with Gasteiger partial charge in [0.05, 0.1) is 0 Å². The molecular weight excluding hydrogens is 324 g/mol. The van der Waals surface area contributed by atoms with Crippen molar-refractivity contribution in [2.45, 2.75) is 20.3 Å². The highest BCUT2D eigenvalue weighted by Gasteiger charge is 2.22. The van der Waals surface area contributed by atoms with E-state index in [1.807, 2.05) is 44.2 Å². The SMILES string of the molecule is Cc1ccc(C)c(NC(=O)c2cc(N3CCc4ccccc43)ncn2)c1. The zero-order valence-electron chi connectivity index (χ0n) is 14.9. The molecule has 2 aromatic carbocycles. The van der Waals surface area contributed by atoms with E-state index >= 15 is 0 Å². The van der Waals surface area contributed by atoms with Gasteiger partial charge in [0, 0.05) is 24.0 Å². The summed E-state index contributed by atoms with van der Waals surface area (Å²) in [7, 11) is 0. The first-order chi connectivity index (χ1) is 12.6. The van der Waals surface area contributed by atoms with E-state index in [1.54, 1.807) is 6.07 Å². The number of hydrogen-bond acceptors (Lipinski definition) is 4. The average Bonchev–Trinajstić information content (AvgIpc) is 3.09. The summed E-state index contributed by atoms with van der Waals surface area (Å²) in [6.45, 7) is 4.83. The van der Waals surface area contributed by atoms with Gasteiger partial charge < -0.3 is 10.2 Å². The Morgan fingerprint density at radius 3 is 2.81 bits per heavy atom. The molecule has 0 saturated heterocycles. The van der Waals surface area contributed by atoms with Crippen LogP contribution in [0.4, 0.5) is 17.2 Å². The number of carbonyl (C=O) groups excluding carboxylic acids is 1. The smallest absolute Gasteiger partial charge is 0.274 e. The average molecular weight is 344 g/mol. The highest BCUT2D eigenvalue weighted by atomic mass is 16.1. The molecule has 0 aliphatic carbocycles. The fourth-order valence-electron chi connectivity index (χ4n) is 3.25. The van der Waals surface area contributed by atoms with Gasteiger partial charge in [-0.25, -0.2) is 9.97 Å². The third kappa shape index (κ3) is 3.04. The van der Waals surface area contributed by atoms with Crippen LogP contribution in [0, 0.1) is 13.8 Å². The first kappa shape index (κ1) is 16.3. The number of para-hydroxylation sites is 1. The molecule has 1 aliphatic rings. The largest absolute Gasteiger partial charge is 0.326 e. The lowest BCUT2D eigenvalue weighted by Crippen LogP contribution is -2.18. The first-order valence-electron chi connectivity index (χ1n) is 8.68. The lowest BCUT2D eigenvalue weighted by Gasteiger charge is -2.18. The summed E-state index contributed by atoms with van der Waals surface area (Å²) in [5.74, 6) is 0.519. The number of nitrogens with one attached hydrogen (secondary N) is 1. The monoisotopic (exact) mass is 344 g/mol. The van der Waals surface area contributed by atoms with Crippen molar-refractivity contribution in [2.75, 3.05) is 16.8 Å². The van der Waals surface area contributed by atoms with Crippen LogP contribution >= 0.6 is 0 Å². The number of aromatic nitrogens is 2. The summed E-state index contributed by atoms with van der Waals surface area (Å²) in [5, 5.41) is 2.96. The van der Waals surface area contributed by atoms with Gasteiger partial charge in [0.2, 0.25) is 0 Å². The Hall–Kier alpha value is -3.21. The van der Waals surface area contributed by atoms with E-state index < -0.39 is 0 Å². The van der Waals surface area contributed by atoms with E-state index in [2.05, 4.69) is 32.3 Å². The van der Waals surface area contributed by atoms with Gasteiger partial charge in [0.25, 0.3) is 5.91 Å². The van der Waals surface area contributed by atoms with Gasteiger partial charge in [-0.3, -0.25) is 4.79 Å². The van der Waals surface area contributed by atoms with Crippen molar-refractivity contribution >= 4 is 23.1 Å². The van der Waals surface area contributed by atoms with Gasteiger partial charge >= 0.3 is 0 Å². The maximum Gasteiger partial charge on any atom is 0.274 e. The zero-order chi connectivity index (χ0) is 18.1. The van der Waals surface area contributed by atoms with Crippen LogP contribution in [0.5, 0.6) is 0 Å². The van der Waals surface area contributed by atoms with Crippen LogP contribution in [-0.2, 0) is 6.42 Å². The van der Waals surface area contributed by atoms with E-state index in [0.717, 1.165) is 41.3 Å². The molecule has 4 rings (SSSR count). The van der Waals surface area contributed by atoms with Crippen molar-refractivity contribution < 1.29 is 4.79 Å². The minimum absolute atomic E-state index is 0.227. The molecular formula is C21H20N4O. The van der Waals surface area contributed by atoms with Crippen molar-refractivity contribution in [2.24, 2.45) is 0 Å². The molecule has 0 spiro atoms. The first-order valence-corrected chi connectivity index (χ1v) is 8.68. The van der Waals surface area contributed by atoms with Gasteiger partial charge in [0.15, 0.2) is 0 Å². The minimum atomic E-state index is -0.227. The highest BCUT2D eigenvalue weighted by Crippen LogP contribution is 2.33. The second-order valence-electron chi connectivity index (χ2n) is 6.56. The number of rotatable bonds is 3. The molecule has 1 aliphatic heterocycles. The predicted molar refractivity (Wildman–Crippen MR) is 103 cm³/mol. The third-order valence-electron chi connectivity index (χ3n) is 4.69. The maximum atomic E-state index is 12.7. The molecule has 0 unspecified atom stereocenters. The van der Waals surface area contributed by atoms with Crippen molar-refractivity contribution in [3.05, 3.63) is 77.2 Å². The Labute approximate surface area is 152 Å². The highest BCUT2D eigenvalue weighted by molar-refractivity contribution is 6.03. The molecule has 0 atom stereocenters. The van der Waals surface area contributed by atoms with E-state index in [1.165, 1.54) is 11.9 Å². The summed E-state index contributed by atoms with van der Waals surface area (Å²) < 4.78 is 0. The molecule has 26 heavy (non-hydrogen) atoms. The van der Waals surface area contributed by atoms with Gasteiger partial charge in [0.1, 0.15) is 17.8 Å². The summed E-state index contributed by atoms with van der Waals surface area (Å²) in [4.78, 5) is 23.3. The molecule has 5 nitrogen and oxygen atoms in total. The second-order valence-corrected chi connectivity index (χ2v) is 6.56. The van der Waals surface area contributed by atoms with Crippen LogP contribution in [0.1, 0.15) is 27.2 Å². The normalized spacial score (nSPS) is 12.8. The number of carbonyl (C=O) groups is 1. The molecule has 0 fully saturated rings. The zero-order valence-corrected chi connectivity index (χ0v) is 14.9. The van der Waals surface area contributed by atoms with Crippen molar-refractivity contribution in [1.29, 1.82) is 0 Å². The summed E-state index contributed by atoms with van der Waals surface area (Å²) >= 11 is 0. The molecule has 0 radical (unpaired) electrons. The number of benzene rings is 2. The molecule has 3 aromatic rings. The maximum absolute atomic E-state index is 12.7. The quantitative estimate of drug-likeness (QED) is 0.779. The molecule has 0 bridgehead atoms. The second kappa shape index (κ2) is 6.59. The Morgan fingerprint density at radius 1 is 1.08 bits per heavy atom. The Balaban J connectivity index is 1.60. The molecule has 1 aromatic heterocycles. The Bertz CT molecular complexity index is 983. The van der Waals surface area contributed by atoms with Crippen LogP contribution in [-0.4, -0.2) is 22.4 Å². The number of nitrogens with zero attached hydrogens (tertiary/aromatic N) is 3. The number of fused-ring (bicyclic) bond motifs is 1. The standard InChI is InChI=1S/C21H20N4O/c1-14-7-8-15(2)17(11-14)24-21(26)18-12-20(23-13-22-18)25-10-9-16-5-3-4-6-19(16)25/h3-8,11-13H,9-10H2,1-2H3,(H,24,26). The van der Waals surface area contributed by atoms with Gasteiger partial charge in [-0.05, 0) is 49.1 Å². The molecule has 2 heterocycles. The van der Waals surface area contributed by atoms with E-state index in [4.69, 9.17) is 0 Å². The number of amides is 1. The van der Waals surface area contributed by atoms with Crippen LogP contribution in [0.15, 0.2) is 54.9 Å². The Morgan fingerprint density at radius 2 is 1.92 bits per heavy atom. The third-order valence-corrected chi connectivity index (χ3v) is 4.69. The predicted octanol–water partition coefficient (Wildman–Crippen LogP) is 4.04. The fraction of sp³-hybridized carbons (Fsp3) is 0.190. The lowest BCUT2D eigenvalue weighted by molar-refractivity contribution is 0.102. The van der Waals surface area contributed by atoms with E-state index in [0.29, 0.717) is 5.69 Å². The number of anilines is 3. The number of hydrogen-bond donors (Lipinski definition) is 1. The summed E-state index contributed by atoms with van der Waals surface area (Å²) in [6, 6.07) is 16.0. The molecule has 1 N–H and O–H groups in total. The van der Waals surface area contributed by atoms with Gasteiger partial charge in [-0.2, -0.15) is 0 Å². The topological polar surface area (TPSA) is 58.1 Å². The van der Waals surface area contributed by atoms with Crippen LogP contribution in [0.25, 0.3) is 0 Å². The molecule has 1 amide bonds.